The Hall–Kier alpha value is -1.00. The number of rotatable bonds is 5. The van der Waals surface area contributed by atoms with E-state index in [4.69, 9.17) is 0 Å². The van der Waals surface area contributed by atoms with Crippen LogP contribution in [0.1, 0.15) is 31.2 Å². The third-order valence-electron chi connectivity index (χ3n) is 4.44. The molecule has 1 saturated carbocycles. The lowest BCUT2D eigenvalue weighted by Gasteiger charge is -2.36. The molecule has 0 amide bonds. The van der Waals surface area contributed by atoms with Crippen molar-refractivity contribution >= 4 is 0 Å². The standard InChI is InChI=1S/C15H20F2O2/c16-13-6-3-7-14(17)12(13)8-15(9-18,10-19)11-4-1-2-5-11/h3,6-7,11,18-19H,1-2,4-5,8-10H2. The van der Waals surface area contributed by atoms with E-state index in [1.54, 1.807) is 0 Å². The Morgan fingerprint density at radius 3 is 2.05 bits per heavy atom. The summed E-state index contributed by atoms with van der Waals surface area (Å²) in [7, 11) is 0. The number of aliphatic hydroxyl groups is 2. The van der Waals surface area contributed by atoms with Crippen LogP contribution in [0.2, 0.25) is 0 Å². The van der Waals surface area contributed by atoms with Crippen molar-refractivity contribution in [3.05, 3.63) is 35.4 Å². The number of hydrogen-bond acceptors (Lipinski definition) is 2. The van der Waals surface area contributed by atoms with Crippen LogP contribution in [0.4, 0.5) is 8.78 Å². The van der Waals surface area contributed by atoms with Crippen LogP contribution in [0.15, 0.2) is 18.2 Å². The van der Waals surface area contributed by atoms with E-state index < -0.39 is 17.0 Å². The maximum atomic E-state index is 13.7. The van der Waals surface area contributed by atoms with E-state index in [1.165, 1.54) is 18.2 Å². The first-order chi connectivity index (χ1) is 9.13. The first-order valence-corrected chi connectivity index (χ1v) is 6.77. The highest BCUT2D eigenvalue weighted by Gasteiger charge is 2.40. The summed E-state index contributed by atoms with van der Waals surface area (Å²) in [5.74, 6) is -1.09. The molecule has 1 aliphatic rings. The SMILES string of the molecule is OCC(CO)(Cc1c(F)cccc1F)C1CCCC1. The zero-order valence-corrected chi connectivity index (χ0v) is 10.9. The van der Waals surface area contributed by atoms with Crippen LogP contribution in [0.5, 0.6) is 0 Å². The molecule has 4 heteroatoms. The number of hydrogen-bond donors (Lipinski definition) is 2. The first kappa shape index (κ1) is 14.4. The summed E-state index contributed by atoms with van der Waals surface area (Å²) in [4.78, 5) is 0. The maximum absolute atomic E-state index is 13.7. The summed E-state index contributed by atoms with van der Waals surface area (Å²) in [5.41, 5.74) is -0.850. The zero-order valence-electron chi connectivity index (χ0n) is 10.9. The molecule has 1 aromatic rings. The highest BCUT2D eigenvalue weighted by atomic mass is 19.1. The van der Waals surface area contributed by atoms with Gasteiger partial charge in [0.15, 0.2) is 0 Å². The molecule has 0 radical (unpaired) electrons. The summed E-state index contributed by atoms with van der Waals surface area (Å²) in [6.45, 7) is -0.496. The molecule has 2 N–H and O–H groups in total. The van der Waals surface area contributed by atoms with Gasteiger partial charge in [0, 0.05) is 11.0 Å². The Morgan fingerprint density at radius 1 is 1.05 bits per heavy atom. The van der Waals surface area contributed by atoms with Crippen LogP contribution in [-0.4, -0.2) is 23.4 Å². The fourth-order valence-electron chi connectivity index (χ4n) is 3.16. The van der Waals surface area contributed by atoms with Crippen LogP contribution in [-0.2, 0) is 6.42 Å². The second kappa shape index (κ2) is 5.97. The van der Waals surface area contributed by atoms with Gasteiger partial charge in [-0.25, -0.2) is 8.78 Å². The quantitative estimate of drug-likeness (QED) is 0.863. The predicted molar refractivity (Wildman–Crippen MR) is 68.6 cm³/mol. The fourth-order valence-corrected chi connectivity index (χ4v) is 3.16. The van der Waals surface area contributed by atoms with E-state index in [2.05, 4.69) is 0 Å². The zero-order chi connectivity index (χ0) is 13.9. The molecule has 0 aliphatic heterocycles. The van der Waals surface area contributed by atoms with Gasteiger partial charge in [-0.05, 0) is 37.3 Å². The third-order valence-corrected chi connectivity index (χ3v) is 4.44. The van der Waals surface area contributed by atoms with Gasteiger partial charge in [-0.15, -0.1) is 0 Å². The smallest absolute Gasteiger partial charge is 0.129 e. The molecule has 0 atom stereocenters. The summed E-state index contributed by atoms with van der Waals surface area (Å²) in [6, 6.07) is 3.75. The van der Waals surface area contributed by atoms with Gasteiger partial charge in [-0.1, -0.05) is 18.9 Å². The van der Waals surface area contributed by atoms with Crippen molar-refractivity contribution in [3.63, 3.8) is 0 Å². The molecule has 2 nitrogen and oxygen atoms in total. The van der Waals surface area contributed by atoms with Crippen molar-refractivity contribution < 1.29 is 19.0 Å². The minimum absolute atomic E-state index is 0.0301. The Balaban J connectivity index is 2.30. The average Bonchev–Trinajstić information content (AvgIpc) is 2.94. The number of halogens is 2. The second-order valence-corrected chi connectivity index (χ2v) is 5.54. The molecule has 1 aromatic carbocycles. The van der Waals surface area contributed by atoms with Crippen molar-refractivity contribution in [2.75, 3.05) is 13.2 Å². The average molecular weight is 270 g/mol. The minimum atomic E-state index is -0.820. The van der Waals surface area contributed by atoms with Gasteiger partial charge in [0.05, 0.1) is 13.2 Å². The van der Waals surface area contributed by atoms with E-state index in [0.29, 0.717) is 0 Å². The second-order valence-electron chi connectivity index (χ2n) is 5.54. The molecule has 2 rings (SSSR count). The summed E-state index contributed by atoms with van der Waals surface area (Å²) in [5, 5.41) is 19.4. The molecular formula is C15H20F2O2. The Kier molecular flexibility index (Phi) is 4.53. The molecule has 106 valence electrons. The van der Waals surface area contributed by atoms with E-state index >= 15 is 0 Å². The van der Waals surface area contributed by atoms with Crippen LogP contribution in [0, 0.1) is 23.0 Å². The molecule has 0 bridgehead atoms. The van der Waals surface area contributed by atoms with Crippen LogP contribution < -0.4 is 0 Å². The summed E-state index contributed by atoms with van der Waals surface area (Å²) < 4.78 is 27.5. The van der Waals surface area contributed by atoms with E-state index in [-0.39, 0.29) is 31.1 Å². The molecule has 0 saturated heterocycles. The van der Waals surface area contributed by atoms with E-state index in [0.717, 1.165) is 25.7 Å². The van der Waals surface area contributed by atoms with Gasteiger partial charge < -0.3 is 10.2 Å². The summed E-state index contributed by atoms with van der Waals surface area (Å²) >= 11 is 0. The molecular weight excluding hydrogens is 250 g/mol. The molecule has 1 fully saturated rings. The Morgan fingerprint density at radius 2 is 1.58 bits per heavy atom. The predicted octanol–water partition coefficient (Wildman–Crippen LogP) is 2.67. The van der Waals surface area contributed by atoms with Gasteiger partial charge in [-0.2, -0.15) is 0 Å². The fraction of sp³-hybridized carbons (Fsp3) is 0.600. The van der Waals surface area contributed by atoms with Gasteiger partial charge in [0.2, 0.25) is 0 Å². The number of benzene rings is 1. The largest absolute Gasteiger partial charge is 0.396 e. The van der Waals surface area contributed by atoms with Gasteiger partial charge in [-0.3, -0.25) is 0 Å². The molecule has 1 aliphatic carbocycles. The van der Waals surface area contributed by atoms with Gasteiger partial charge in [0.25, 0.3) is 0 Å². The normalized spacial score (nSPS) is 17.1. The highest BCUT2D eigenvalue weighted by Crippen LogP contribution is 2.42. The van der Waals surface area contributed by atoms with Crippen LogP contribution in [0.25, 0.3) is 0 Å². The van der Waals surface area contributed by atoms with Crippen LogP contribution >= 0.6 is 0 Å². The molecule has 0 unspecified atom stereocenters. The summed E-state index contributed by atoms with van der Waals surface area (Å²) in [6.07, 6.45) is 3.94. The van der Waals surface area contributed by atoms with Crippen molar-refractivity contribution in [2.45, 2.75) is 32.1 Å². The van der Waals surface area contributed by atoms with E-state index in [1.807, 2.05) is 0 Å². The number of aliphatic hydroxyl groups excluding tert-OH is 2. The molecule has 0 heterocycles. The highest BCUT2D eigenvalue weighted by molar-refractivity contribution is 5.21. The Bertz CT molecular complexity index is 404. The van der Waals surface area contributed by atoms with Crippen LogP contribution in [0.3, 0.4) is 0 Å². The van der Waals surface area contributed by atoms with Gasteiger partial charge in [0.1, 0.15) is 11.6 Å². The minimum Gasteiger partial charge on any atom is -0.396 e. The van der Waals surface area contributed by atoms with Crippen molar-refractivity contribution in [2.24, 2.45) is 11.3 Å². The van der Waals surface area contributed by atoms with Crippen molar-refractivity contribution in [3.8, 4) is 0 Å². The monoisotopic (exact) mass is 270 g/mol. The topological polar surface area (TPSA) is 40.5 Å². The molecule has 0 aromatic heterocycles. The van der Waals surface area contributed by atoms with Crippen molar-refractivity contribution in [1.82, 2.24) is 0 Å². The lowest BCUT2D eigenvalue weighted by molar-refractivity contribution is 0.00451. The van der Waals surface area contributed by atoms with Crippen molar-refractivity contribution in [1.29, 1.82) is 0 Å². The van der Waals surface area contributed by atoms with Gasteiger partial charge >= 0.3 is 0 Å². The maximum Gasteiger partial charge on any atom is 0.129 e. The molecule has 19 heavy (non-hydrogen) atoms. The Labute approximate surface area is 112 Å². The lowest BCUT2D eigenvalue weighted by Crippen LogP contribution is -2.39. The first-order valence-electron chi connectivity index (χ1n) is 6.77. The lowest BCUT2D eigenvalue weighted by atomic mass is 9.71. The molecule has 0 spiro atoms. The van der Waals surface area contributed by atoms with E-state index in [9.17, 15) is 19.0 Å². The third kappa shape index (κ3) is 2.79.